The van der Waals surface area contributed by atoms with Crippen molar-refractivity contribution in [1.29, 1.82) is 0 Å². The standard InChI is InChI=1S/C18H14ClN3O2/c1-12-6-8-14(9-7-12)17-21-22-18(24-17)20-16(23)11-10-13-4-2-3-5-15(13)19/h2-11H,1H3,(H,20,22,23)/b11-10+. The second kappa shape index (κ2) is 7.10. The Morgan fingerprint density at radius 3 is 2.62 bits per heavy atom. The highest BCUT2D eigenvalue weighted by Crippen LogP contribution is 2.20. The van der Waals surface area contributed by atoms with E-state index < -0.39 is 0 Å². The van der Waals surface area contributed by atoms with Crippen molar-refractivity contribution in [1.82, 2.24) is 10.2 Å². The van der Waals surface area contributed by atoms with Crippen LogP contribution in [-0.4, -0.2) is 16.1 Å². The molecule has 0 aliphatic rings. The van der Waals surface area contributed by atoms with Gasteiger partial charge in [-0.15, -0.1) is 5.10 Å². The zero-order valence-corrected chi connectivity index (χ0v) is 13.6. The minimum absolute atomic E-state index is 0.0411. The molecular formula is C18H14ClN3O2. The van der Waals surface area contributed by atoms with Crippen molar-refractivity contribution in [3.05, 3.63) is 70.8 Å². The van der Waals surface area contributed by atoms with E-state index in [1.807, 2.05) is 49.4 Å². The van der Waals surface area contributed by atoms with Crippen LogP contribution < -0.4 is 5.32 Å². The topological polar surface area (TPSA) is 68.0 Å². The Hall–Kier alpha value is -2.92. The number of anilines is 1. The molecule has 24 heavy (non-hydrogen) atoms. The van der Waals surface area contributed by atoms with Gasteiger partial charge in [0.2, 0.25) is 5.89 Å². The van der Waals surface area contributed by atoms with E-state index in [1.54, 1.807) is 12.1 Å². The lowest BCUT2D eigenvalue weighted by Crippen LogP contribution is -2.07. The Balaban J connectivity index is 1.67. The second-order valence-corrected chi connectivity index (χ2v) is 5.53. The number of carbonyl (C=O) groups excluding carboxylic acids is 1. The first-order valence-electron chi connectivity index (χ1n) is 7.26. The quantitative estimate of drug-likeness (QED) is 0.717. The molecule has 1 amide bonds. The molecule has 0 saturated carbocycles. The summed E-state index contributed by atoms with van der Waals surface area (Å²) in [6.07, 6.45) is 2.98. The average molecular weight is 340 g/mol. The van der Waals surface area contributed by atoms with E-state index in [9.17, 15) is 4.79 Å². The van der Waals surface area contributed by atoms with Gasteiger partial charge in [0.25, 0.3) is 5.91 Å². The zero-order chi connectivity index (χ0) is 16.9. The van der Waals surface area contributed by atoms with Crippen molar-refractivity contribution >= 4 is 29.6 Å². The van der Waals surface area contributed by atoms with Crippen molar-refractivity contribution in [3.8, 4) is 11.5 Å². The Morgan fingerprint density at radius 1 is 1.12 bits per heavy atom. The van der Waals surface area contributed by atoms with Crippen LogP contribution in [0.5, 0.6) is 0 Å². The molecule has 0 bridgehead atoms. The molecule has 0 spiro atoms. The van der Waals surface area contributed by atoms with Crippen LogP contribution in [0.25, 0.3) is 17.5 Å². The average Bonchev–Trinajstić information content (AvgIpc) is 3.03. The normalized spacial score (nSPS) is 10.9. The van der Waals surface area contributed by atoms with E-state index in [1.165, 1.54) is 6.08 Å². The van der Waals surface area contributed by atoms with Gasteiger partial charge in [0.1, 0.15) is 0 Å². The Labute approximate surface area is 144 Å². The van der Waals surface area contributed by atoms with E-state index in [4.69, 9.17) is 16.0 Å². The molecule has 2 aromatic carbocycles. The largest absolute Gasteiger partial charge is 0.403 e. The number of nitrogens with one attached hydrogen (secondary N) is 1. The number of aromatic nitrogens is 2. The molecule has 0 unspecified atom stereocenters. The maximum atomic E-state index is 11.9. The maximum absolute atomic E-state index is 11.9. The monoisotopic (exact) mass is 339 g/mol. The van der Waals surface area contributed by atoms with Crippen molar-refractivity contribution in [2.24, 2.45) is 0 Å². The minimum Gasteiger partial charge on any atom is -0.403 e. The number of hydrogen-bond acceptors (Lipinski definition) is 4. The highest BCUT2D eigenvalue weighted by molar-refractivity contribution is 6.32. The summed E-state index contributed by atoms with van der Waals surface area (Å²) in [6.45, 7) is 1.99. The molecule has 1 N–H and O–H groups in total. The van der Waals surface area contributed by atoms with Gasteiger partial charge in [-0.25, -0.2) is 0 Å². The molecule has 5 nitrogen and oxygen atoms in total. The molecule has 3 aromatic rings. The van der Waals surface area contributed by atoms with Crippen molar-refractivity contribution in [2.75, 3.05) is 5.32 Å². The third-order valence-electron chi connectivity index (χ3n) is 3.27. The molecule has 0 saturated heterocycles. The summed E-state index contributed by atoms with van der Waals surface area (Å²) >= 11 is 6.03. The summed E-state index contributed by atoms with van der Waals surface area (Å²) < 4.78 is 5.44. The Morgan fingerprint density at radius 2 is 1.88 bits per heavy atom. The van der Waals surface area contributed by atoms with E-state index in [2.05, 4.69) is 15.5 Å². The molecular weight excluding hydrogens is 326 g/mol. The Kier molecular flexibility index (Phi) is 4.72. The summed E-state index contributed by atoms with van der Waals surface area (Å²) in [5.74, 6) is -0.0330. The molecule has 120 valence electrons. The predicted molar refractivity (Wildman–Crippen MR) is 93.6 cm³/mol. The lowest BCUT2D eigenvalue weighted by Gasteiger charge is -1.97. The van der Waals surface area contributed by atoms with Gasteiger partial charge in [-0.1, -0.05) is 52.6 Å². The number of carbonyl (C=O) groups is 1. The summed E-state index contributed by atoms with van der Waals surface area (Å²) in [4.78, 5) is 11.9. The van der Waals surface area contributed by atoms with Gasteiger partial charge >= 0.3 is 6.01 Å². The van der Waals surface area contributed by atoms with Crippen LogP contribution in [0.1, 0.15) is 11.1 Å². The molecule has 0 radical (unpaired) electrons. The van der Waals surface area contributed by atoms with Gasteiger partial charge in [-0.05, 0) is 36.8 Å². The van der Waals surface area contributed by atoms with Crippen LogP contribution in [0.15, 0.2) is 59.0 Å². The highest BCUT2D eigenvalue weighted by atomic mass is 35.5. The van der Waals surface area contributed by atoms with E-state index in [0.717, 1.165) is 16.7 Å². The molecule has 0 atom stereocenters. The van der Waals surface area contributed by atoms with E-state index >= 15 is 0 Å². The van der Waals surface area contributed by atoms with Crippen molar-refractivity contribution in [3.63, 3.8) is 0 Å². The van der Waals surface area contributed by atoms with Crippen LogP contribution in [-0.2, 0) is 4.79 Å². The van der Waals surface area contributed by atoms with Crippen LogP contribution in [0.3, 0.4) is 0 Å². The minimum atomic E-state index is -0.381. The van der Waals surface area contributed by atoms with Crippen LogP contribution in [0, 0.1) is 6.92 Å². The highest BCUT2D eigenvalue weighted by Gasteiger charge is 2.09. The van der Waals surface area contributed by atoms with Crippen molar-refractivity contribution in [2.45, 2.75) is 6.92 Å². The van der Waals surface area contributed by atoms with Gasteiger partial charge < -0.3 is 4.42 Å². The van der Waals surface area contributed by atoms with Crippen LogP contribution >= 0.6 is 11.6 Å². The first-order valence-corrected chi connectivity index (χ1v) is 7.64. The molecule has 3 rings (SSSR count). The van der Waals surface area contributed by atoms with Crippen LogP contribution in [0.2, 0.25) is 5.02 Å². The maximum Gasteiger partial charge on any atom is 0.322 e. The fourth-order valence-electron chi connectivity index (χ4n) is 2.01. The molecule has 1 heterocycles. The zero-order valence-electron chi connectivity index (χ0n) is 12.9. The van der Waals surface area contributed by atoms with E-state index in [-0.39, 0.29) is 11.9 Å². The second-order valence-electron chi connectivity index (χ2n) is 5.12. The number of nitrogens with zero attached hydrogens (tertiary/aromatic N) is 2. The van der Waals surface area contributed by atoms with Gasteiger partial charge in [-0.3, -0.25) is 10.1 Å². The molecule has 1 aromatic heterocycles. The fraction of sp³-hybridized carbons (Fsp3) is 0.0556. The van der Waals surface area contributed by atoms with Gasteiger partial charge in [-0.2, -0.15) is 0 Å². The smallest absolute Gasteiger partial charge is 0.322 e. The summed E-state index contributed by atoms with van der Waals surface area (Å²) in [7, 11) is 0. The van der Waals surface area contributed by atoms with Crippen molar-refractivity contribution < 1.29 is 9.21 Å². The number of amides is 1. The summed E-state index contributed by atoms with van der Waals surface area (Å²) in [6, 6.07) is 14.9. The summed E-state index contributed by atoms with van der Waals surface area (Å²) in [5.41, 5.74) is 2.68. The lowest BCUT2D eigenvalue weighted by atomic mass is 10.1. The molecule has 0 fully saturated rings. The number of aryl methyl sites for hydroxylation is 1. The first kappa shape index (κ1) is 16.0. The van der Waals surface area contributed by atoms with Gasteiger partial charge in [0, 0.05) is 16.7 Å². The fourth-order valence-corrected chi connectivity index (χ4v) is 2.21. The summed E-state index contributed by atoms with van der Waals surface area (Å²) in [5, 5.41) is 10.8. The number of rotatable bonds is 4. The van der Waals surface area contributed by atoms with Crippen LogP contribution in [0.4, 0.5) is 6.01 Å². The first-order chi connectivity index (χ1) is 11.6. The van der Waals surface area contributed by atoms with Gasteiger partial charge in [0.05, 0.1) is 0 Å². The number of benzene rings is 2. The SMILES string of the molecule is Cc1ccc(-c2nnc(NC(=O)/C=C/c3ccccc3Cl)o2)cc1. The molecule has 6 heteroatoms. The van der Waals surface area contributed by atoms with Gasteiger partial charge in [0.15, 0.2) is 0 Å². The Bertz CT molecular complexity index is 885. The van der Waals surface area contributed by atoms with E-state index in [0.29, 0.717) is 10.9 Å². The predicted octanol–water partition coefficient (Wildman–Crippen LogP) is 4.35. The number of hydrogen-bond donors (Lipinski definition) is 1. The number of halogens is 1. The lowest BCUT2D eigenvalue weighted by molar-refractivity contribution is -0.112. The molecule has 0 aliphatic carbocycles. The third kappa shape index (κ3) is 3.88. The molecule has 0 aliphatic heterocycles. The third-order valence-corrected chi connectivity index (χ3v) is 3.62.